The molecule has 2 N–H and O–H groups in total. The van der Waals surface area contributed by atoms with E-state index >= 15 is 0 Å². The lowest BCUT2D eigenvalue weighted by Crippen LogP contribution is -2.15. The van der Waals surface area contributed by atoms with Crippen LogP contribution in [0.4, 0.5) is 23.1 Å². The van der Waals surface area contributed by atoms with Gasteiger partial charge in [0.2, 0.25) is 5.95 Å². The molecule has 2 aromatic carbocycles. The van der Waals surface area contributed by atoms with Crippen LogP contribution in [0.2, 0.25) is 10.0 Å². The molecule has 0 spiro atoms. The molecule has 4 rings (SSSR count). The number of ether oxygens (including phenoxy) is 2. The molecule has 6 nitrogen and oxygen atoms in total. The number of hydrogen-bond donors (Lipinski definition) is 2. The molecule has 2 heterocycles. The zero-order chi connectivity index (χ0) is 17.9. The monoisotopic (exact) mass is 388 g/mol. The summed E-state index contributed by atoms with van der Waals surface area (Å²) < 4.78 is 11.1. The third-order valence-electron chi connectivity index (χ3n) is 3.65. The number of nitrogens with one attached hydrogen (secondary N) is 2. The quantitative estimate of drug-likeness (QED) is 0.652. The molecule has 1 aliphatic rings. The van der Waals surface area contributed by atoms with E-state index in [1.807, 2.05) is 18.2 Å². The average molecular weight is 389 g/mol. The van der Waals surface area contributed by atoms with Gasteiger partial charge in [-0.05, 0) is 36.4 Å². The molecule has 3 aromatic rings. The van der Waals surface area contributed by atoms with Crippen molar-refractivity contribution < 1.29 is 9.47 Å². The van der Waals surface area contributed by atoms with Gasteiger partial charge in [-0.15, -0.1) is 0 Å². The van der Waals surface area contributed by atoms with Gasteiger partial charge in [0, 0.05) is 23.0 Å². The topological polar surface area (TPSA) is 68.3 Å². The van der Waals surface area contributed by atoms with E-state index in [4.69, 9.17) is 32.7 Å². The Hall–Kier alpha value is -2.70. The average Bonchev–Trinajstić information content (AvgIpc) is 2.64. The van der Waals surface area contributed by atoms with E-state index in [1.165, 1.54) is 0 Å². The number of benzene rings is 2. The second kappa shape index (κ2) is 7.27. The van der Waals surface area contributed by atoms with Gasteiger partial charge < -0.3 is 20.1 Å². The van der Waals surface area contributed by atoms with Gasteiger partial charge in [-0.3, -0.25) is 0 Å². The number of rotatable bonds is 4. The van der Waals surface area contributed by atoms with Crippen LogP contribution in [0.15, 0.2) is 48.7 Å². The largest absolute Gasteiger partial charge is 0.486 e. The lowest BCUT2D eigenvalue weighted by molar-refractivity contribution is 0.171. The fourth-order valence-corrected chi connectivity index (χ4v) is 2.92. The predicted octanol–water partition coefficient (Wildman–Crippen LogP) is 5.04. The first-order valence-corrected chi connectivity index (χ1v) is 8.65. The summed E-state index contributed by atoms with van der Waals surface area (Å²) in [4.78, 5) is 8.65. The third kappa shape index (κ3) is 3.76. The third-order valence-corrected chi connectivity index (χ3v) is 4.20. The molecule has 0 radical (unpaired) electrons. The minimum absolute atomic E-state index is 0.414. The number of fused-ring (bicyclic) bond motifs is 1. The number of aromatic nitrogens is 2. The van der Waals surface area contributed by atoms with Gasteiger partial charge in [-0.2, -0.15) is 4.98 Å². The normalized spacial score (nSPS) is 12.5. The van der Waals surface area contributed by atoms with Crippen molar-refractivity contribution >= 4 is 46.3 Å². The molecule has 0 unspecified atom stereocenters. The minimum atomic E-state index is 0.414. The molecule has 1 aliphatic heterocycles. The van der Waals surface area contributed by atoms with Crippen molar-refractivity contribution in [2.75, 3.05) is 23.8 Å². The number of halogens is 2. The van der Waals surface area contributed by atoms with Crippen molar-refractivity contribution in [2.24, 2.45) is 0 Å². The van der Waals surface area contributed by atoms with Gasteiger partial charge >= 0.3 is 0 Å². The Kier molecular flexibility index (Phi) is 4.69. The summed E-state index contributed by atoms with van der Waals surface area (Å²) in [5.74, 6) is 2.49. The number of hydrogen-bond acceptors (Lipinski definition) is 6. The highest BCUT2D eigenvalue weighted by Crippen LogP contribution is 2.33. The van der Waals surface area contributed by atoms with E-state index in [1.54, 1.807) is 30.5 Å². The van der Waals surface area contributed by atoms with Gasteiger partial charge in [0.15, 0.2) is 11.5 Å². The van der Waals surface area contributed by atoms with Crippen molar-refractivity contribution in [2.45, 2.75) is 0 Å². The van der Waals surface area contributed by atoms with E-state index in [-0.39, 0.29) is 0 Å². The molecule has 0 amide bonds. The molecule has 0 atom stereocenters. The molecule has 1 aromatic heterocycles. The van der Waals surface area contributed by atoms with Crippen LogP contribution in [-0.4, -0.2) is 23.2 Å². The first kappa shape index (κ1) is 16.8. The van der Waals surface area contributed by atoms with Gasteiger partial charge in [0.1, 0.15) is 19.0 Å². The zero-order valence-corrected chi connectivity index (χ0v) is 15.0. The lowest BCUT2D eigenvalue weighted by Gasteiger charge is -2.19. The molecule has 0 saturated carbocycles. The van der Waals surface area contributed by atoms with Crippen molar-refractivity contribution in [3.8, 4) is 11.5 Å². The van der Waals surface area contributed by atoms with E-state index in [0.29, 0.717) is 46.5 Å². The van der Waals surface area contributed by atoms with Crippen LogP contribution in [-0.2, 0) is 0 Å². The van der Waals surface area contributed by atoms with E-state index in [2.05, 4.69) is 20.6 Å². The first-order valence-electron chi connectivity index (χ1n) is 7.89. The Bertz CT molecular complexity index is 952. The maximum Gasteiger partial charge on any atom is 0.229 e. The number of nitrogens with zero attached hydrogens (tertiary/aromatic N) is 2. The summed E-state index contributed by atoms with van der Waals surface area (Å²) in [6, 6.07) is 12.6. The highest BCUT2D eigenvalue weighted by Gasteiger charge is 2.12. The second-order valence-electron chi connectivity index (χ2n) is 5.50. The summed E-state index contributed by atoms with van der Waals surface area (Å²) in [7, 11) is 0. The Morgan fingerprint density at radius 1 is 0.885 bits per heavy atom. The lowest BCUT2D eigenvalue weighted by atomic mass is 10.2. The summed E-state index contributed by atoms with van der Waals surface area (Å²) in [6.07, 6.45) is 1.65. The predicted molar refractivity (Wildman–Crippen MR) is 102 cm³/mol. The van der Waals surface area contributed by atoms with Crippen LogP contribution < -0.4 is 20.1 Å². The van der Waals surface area contributed by atoms with Crippen LogP contribution in [0.1, 0.15) is 0 Å². The van der Waals surface area contributed by atoms with Gasteiger partial charge in [-0.25, -0.2) is 4.98 Å². The Morgan fingerprint density at radius 2 is 1.73 bits per heavy atom. The van der Waals surface area contributed by atoms with Crippen LogP contribution in [0, 0.1) is 0 Å². The second-order valence-corrected chi connectivity index (χ2v) is 6.34. The standard InChI is InChI=1S/C18H14Cl2N4O2/c19-11-1-3-14(13(20)9-11)23-18-21-6-5-17(24-18)22-12-2-4-15-16(10-12)26-8-7-25-15/h1-6,9-10H,7-8H2,(H2,21,22,23,24). The van der Waals surface area contributed by atoms with Crippen LogP contribution >= 0.6 is 23.2 Å². The summed E-state index contributed by atoms with van der Waals surface area (Å²) in [5.41, 5.74) is 1.51. The fourth-order valence-electron chi connectivity index (χ4n) is 2.47. The van der Waals surface area contributed by atoms with Crippen molar-refractivity contribution in [3.05, 3.63) is 58.7 Å². The molecular weight excluding hydrogens is 375 g/mol. The van der Waals surface area contributed by atoms with Crippen molar-refractivity contribution in [3.63, 3.8) is 0 Å². The van der Waals surface area contributed by atoms with Crippen molar-refractivity contribution in [1.82, 2.24) is 9.97 Å². The Labute approximate surface area is 160 Å². The molecule has 132 valence electrons. The molecule has 0 saturated heterocycles. The zero-order valence-electron chi connectivity index (χ0n) is 13.5. The van der Waals surface area contributed by atoms with Crippen LogP contribution in [0.5, 0.6) is 11.5 Å². The van der Waals surface area contributed by atoms with Crippen molar-refractivity contribution in [1.29, 1.82) is 0 Å². The Balaban J connectivity index is 1.52. The van der Waals surface area contributed by atoms with Crippen LogP contribution in [0.3, 0.4) is 0 Å². The van der Waals surface area contributed by atoms with Gasteiger partial charge in [0.25, 0.3) is 0 Å². The minimum Gasteiger partial charge on any atom is -0.486 e. The summed E-state index contributed by atoms with van der Waals surface area (Å²) in [5, 5.41) is 7.36. The first-order chi connectivity index (χ1) is 12.7. The smallest absolute Gasteiger partial charge is 0.229 e. The highest BCUT2D eigenvalue weighted by atomic mass is 35.5. The van der Waals surface area contributed by atoms with Crippen LogP contribution in [0.25, 0.3) is 0 Å². The molecule has 26 heavy (non-hydrogen) atoms. The van der Waals surface area contributed by atoms with E-state index < -0.39 is 0 Å². The van der Waals surface area contributed by atoms with Gasteiger partial charge in [-0.1, -0.05) is 23.2 Å². The highest BCUT2D eigenvalue weighted by molar-refractivity contribution is 6.36. The summed E-state index contributed by atoms with van der Waals surface area (Å²) >= 11 is 12.1. The maximum atomic E-state index is 6.17. The number of anilines is 4. The summed E-state index contributed by atoms with van der Waals surface area (Å²) in [6.45, 7) is 1.11. The molecule has 0 fully saturated rings. The molecular formula is C18H14Cl2N4O2. The SMILES string of the molecule is Clc1ccc(Nc2nccc(Nc3ccc4c(c3)OCCO4)n2)c(Cl)c1. The van der Waals surface area contributed by atoms with E-state index in [9.17, 15) is 0 Å². The Morgan fingerprint density at radius 3 is 2.58 bits per heavy atom. The van der Waals surface area contributed by atoms with Gasteiger partial charge in [0.05, 0.1) is 10.7 Å². The molecule has 8 heteroatoms. The molecule has 0 aliphatic carbocycles. The maximum absolute atomic E-state index is 6.17. The fraction of sp³-hybridized carbons (Fsp3) is 0.111. The van der Waals surface area contributed by atoms with E-state index in [0.717, 1.165) is 11.4 Å². The molecule has 0 bridgehead atoms.